The summed E-state index contributed by atoms with van der Waals surface area (Å²) in [6, 6.07) is 34.7. The Labute approximate surface area is 165 Å². The highest BCUT2D eigenvalue weighted by Crippen LogP contribution is 2.32. The highest BCUT2D eigenvalue weighted by Gasteiger charge is 2.11. The molecule has 0 saturated carbocycles. The molecule has 28 heavy (non-hydrogen) atoms. The summed E-state index contributed by atoms with van der Waals surface area (Å²) in [7, 11) is 2.11. The van der Waals surface area contributed by atoms with Gasteiger partial charge in [0.25, 0.3) is 0 Å². The molecule has 0 radical (unpaired) electrons. The van der Waals surface area contributed by atoms with Crippen LogP contribution in [0.1, 0.15) is 5.56 Å². The summed E-state index contributed by atoms with van der Waals surface area (Å²) in [6.45, 7) is 2.12. The molecular formula is C26H22N2. The van der Waals surface area contributed by atoms with Crippen molar-refractivity contribution in [2.24, 2.45) is 0 Å². The molecule has 2 nitrogen and oxygen atoms in total. The number of aromatic nitrogens is 1. The lowest BCUT2D eigenvalue weighted by molar-refractivity contribution is 1.16. The summed E-state index contributed by atoms with van der Waals surface area (Å²) in [5, 5.41) is 2.58. The molecule has 5 rings (SSSR count). The largest absolute Gasteiger partial charge is 0.345 e. The van der Waals surface area contributed by atoms with Crippen LogP contribution in [0.3, 0.4) is 0 Å². The third-order valence-electron chi connectivity index (χ3n) is 5.50. The van der Waals surface area contributed by atoms with Crippen molar-refractivity contribution in [3.05, 3.63) is 103 Å². The van der Waals surface area contributed by atoms with Crippen molar-refractivity contribution in [3.63, 3.8) is 0 Å². The average Bonchev–Trinajstić information content (AvgIpc) is 3.08. The second-order valence-electron chi connectivity index (χ2n) is 7.28. The Morgan fingerprint density at radius 3 is 1.57 bits per heavy atom. The second kappa shape index (κ2) is 6.58. The van der Waals surface area contributed by atoms with E-state index in [4.69, 9.17) is 0 Å². The van der Waals surface area contributed by atoms with E-state index in [-0.39, 0.29) is 0 Å². The molecule has 0 N–H and O–H groups in total. The molecule has 0 aliphatic carbocycles. The van der Waals surface area contributed by atoms with Gasteiger partial charge in [0.1, 0.15) is 0 Å². The fourth-order valence-corrected chi connectivity index (χ4v) is 3.94. The Morgan fingerprint density at radius 2 is 1.04 bits per heavy atom. The van der Waals surface area contributed by atoms with Gasteiger partial charge < -0.3 is 9.47 Å². The smallest absolute Gasteiger partial charge is 0.0541 e. The zero-order valence-corrected chi connectivity index (χ0v) is 16.1. The minimum absolute atomic E-state index is 1.17. The summed E-state index contributed by atoms with van der Waals surface area (Å²) in [4.78, 5) is 2.22. The van der Waals surface area contributed by atoms with Crippen LogP contribution < -0.4 is 4.90 Å². The number of hydrogen-bond acceptors (Lipinski definition) is 1. The Hall–Kier alpha value is -3.52. The number of fused-ring (bicyclic) bond motifs is 3. The molecule has 1 aromatic heterocycles. The Kier molecular flexibility index (Phi) is 3.91. The zero-order chi connectivity index (χ0) is 19.1. The van der Waals surface area contributed by atoms with Gasteiger partial charge in [-0.2, -0.15) is 0 Å². The summed E-state index contributed by atoms with van der Waals surface area (Å²) in [6.07, 6.45) is 0. The molecule has 0 spiro atoms. The molecule has 5 aromatic rings. The van der Waals surface area contributed by atoms with E-state index in [2.05, 4.69) is 121 Å². The molecule has 136 valence electrons. The van der Waals surface area contributed by atoms with Crippen LogP contribution >= 0.6 is 0 Å². The maximum absolute atomic E-state index is 2.35. The van der Waals surface area contributed by atoms with E-state index in [9.17, 15) is 0 Å². The van der Waals surface area contributed by atoms with Crippen LogP contribution in [-0.4, -0.2) is 11.6 Å². The highest BCUT2D eigenvalue weighted by molar-refractivity contribution is 6.09. The summed E-state index contributed by atoms with van der Waals surface area (Å²) < 4.78 is 2.35. The molecule has 0 fully saturated rings. The molecule has 2 heteroatoms. The van der Waals surface area contributed by atoms with Crippen LogP contribution in [0.2, 0.25) is 0 Å². The van der Waals surface area contributed by atoms with E-state index in [1.165, 1.54) is 44.4 Å². The number of nitrogens with zero attached hydrogens (tertiary/aromatic N) is 2. The standard InChI is InChI=1S/C26H22N2/c1-19-11-13-20(14-12-19)27(2)21-15-17-22(18-16-21)28-25-9-5-3-7-23(25)24-8-4-6-10-26(24)28/h3-18H,1-2H3. The van der Waals surface area contributed by atoms with Crippen molar-refractivity contribution < 1.29 is 0 Å². The molecule has 0 atom stereocenters. The van der Waals surface area contributed by atoms with E-state index in [0.29, 0.717) is 0 Å². The molecule has 0 unspecified atom stereocenters. The SMILES string of the molecule is Cc1ccc(N(C)c2ccc(-n3c4ccccc4c4ccccc43)cc2)cc1. The third kappa shape index (κ3) is 2.66. The van der Waals surface area contributed by atoms with E-state index >= 15 is 0 Å². The van der Waals surface area contributed by atoms with Gasteiger partial charge in [-0.25, -0.2) is 0 Å². The van der Waals surface area contributed by atoms with Gasteiger partial charge in [0.2, 0.25) is 0 Å². The van der Waals surface area contributed by atoms with Crippen molar-refractivity contribution in [3.8, 4) is 5.69 Å². The van der Waals surface area contributed by atoms with Gasteiger partial charge in [-0.3, -0.25) is 0 Å². The van der Waals surface area contributed by atoms with Crippen LogP contribution in [0.25, 0.3) is 27.5 Å². The topological polar surface area (TPSA) is 8.17 Å². The van der Waals surface area contributed by atoms with Gasteiger partial charge in [0, 0.05) is 34.9 Å². The van der Waals surface area contributed by atoms with Crippen LogP contribution in [0.5, 0.6) is 0 Å². The van der Waals surface area contributed by atoms with Gasteiger partial charge in [-0.1, -0.05) is 54.1 Å². The first-order chi connectivity index (χ1) is 13.7. The molecule has 4 aromatic carbocycles. The van der Waals surface area contributed by atoms with Crippen LogP contribution in [0.15, 0.2) is 97.1 Å². The molecule has 0 saturated heterocycles. The lowest BCUT2D eigenvalue weighted by Gasteiger charge is -2.20. The first-order valence-electron chi connectivity index (χ1n) is 9.61. The monoisotopic (exact) mass is 362 g/mol. The minimum Gasteiger partial charge on any atom is -0.345 e. The number of rotatable bonds is 3. The molecular weight excluding hydrogens is 340 g/mol. The highest BCUT2D eigenvalue weighted by atomic mass is 15.1. The normalized spacial score (nSPS) is 11.2. The van der Waals surface area contributed by atoms with Crippen LogP contribution in [0, 0.1) is 6.92 Å². The minimum atomic E-state index is 1.17. The lowest BCUT2D eigenvalue weighted by Crippen LogP contribution is -2.09. The molecule has 0 aliphatic heterocycles. The van der Waals surface area contributed by atoms with E-state index in [1.807, 2.05) is 0 Å². The lowest BCUT2D eigenvalue weighted by atomic mass is 10.2. The molecule has 0 aliphatic rings. The van der Waals surface area contributed by atoms with Crippen molar-refractivity contribution >= 4 is 33.2 Å². The number of para-hydroxylation sites is 2. The van der Waals surface area contributed by atoms with Crippen LogP contribution in [0.4, 0.5) is 11.4 Å². The Balaban J connectivity index is 1.60. The van der Waals surface area contributed by atoms with Crippen molar-refractivity contribution in [1.82, 2.24) is 4.57 Å². The van der Waals surface area contributed by atoms with Gasteiger partial charge in [0.15, 0.2) is 0 Å². The number of benzene rings is 4. The van der Waals surface area contributed by atoms with Crippen molar-refractivity contribution in [2.45, 2.75) is 6.92 Å². The summed E-state index contributed by atoms with van der Waals surface area (Å²) >= 11 is 0. The predicted molar refractivity (Wildman–Crippen MR) is 120 cm³/mol. The number of anilines is 2. The van der Waals surface area contributed by atoms with Gasteiger partial charge >= 0.3 is 0 Å². The summed E-state index contributed by atoms with van der Waals surface area (Å²) in [5.74, 6) is 0. The van der Waals surface area contributed by atoms with E-state index < -0.39 is 0 Å². The van der Waals surface area contributed by atoms with Gasteiger partial charge in [-0.15, -0.1) is 0 Å². The Bertz CT molecular complexity index is 1210. The zero-order valence-electron chi connectivity index (χ0n) is 16.1. The first kappa shape index (κ1) is 16.6. The summed E-state index contributed by atoms with van der Waals surface area (Å²) in [5.41, 5.74) is 7.30. The number of aryl methyl sites for hydroxylation is 1. The maximum atomic E-state index is 2.35. The second-order valence-corrected chi connectivity index (χ2v) is 7.28. The van der Waals surface area contributed by atoms with Crippen molar-refractivity contribution in [2.75, 3.05) is 11.9 Å². The Morgan fingerprint density at radius 1 is 0.571 bits per heavy atom. The predicted octanol–water partition coefficient (Wildman–Crippen LogP) is 6.86. The molecule has 1 heterocycles. The average molecular weight is 362 g/mol. The fraction of sp³-hybridized carbons (Fsp3) is 0.0769. The first-order valence-corrected chi connectivity index (χ1v) is 9.61. The van der Waals surface area contributed by atoms with Crippen molar-refractivity contribution in [1.29, 1.82) is 0 Å². The fourth-order valence-electron chi connectivity index (χ4n) is 3.94. The molecule has 0 amide bonds. The number of hydrogen-bond donors (Lipinski definition) is 0. The maximum Gasteiger partial charge on any atom is 0.0541 e. The quantitative estimate of drug-likeness (QED) is 0.340. The molecule has 0 bridgehead atoms. The van der Waals surface area contributed by atoms with E-state index in [0.717, 1.165) is 0 Å². The van der Waals surface area contributed by atoms with Gasteiger partial charge in [0.05, 0.1) is 11.0 Å². The van der Waals surface area contributed by atoms with Crippen LogP contribution in [-0.2, 0) is 0 Å². The van der Waals surface area contributed by atoms with Gasteiger partial charge in [-0.05, 0) is 55.5 Å². The van der Waals surface area contributed by atoms with E-state index in [1.54, 1.807) is 0 Å². The third-order valence-corrected chi connectivity index (χ3v) is 5.50.